The van der Waals surface area contributed by atoms with Gasteiger partial charge in [-0.1, -0.05) is 12.1 Å². The number of carboxylic acid groups (broad SMARTS) is 1. The van der Waals surface area contributed by atoms with Crippen LogP contribution in [0.2, 0.25) is 0 Å². The molecule has 1 heterocycles. The quantitative estimate of drug-likeness (QED) is 0.395. The number of nitrogens with zero attached hydrogens (tertiary/aromatic N) is 2. The first-order valence-corrected chi connectivity index (χ1v) is 10.5. The van der Waals surface area contributed by atoms with Crippen molar-refractivity contribution in [2.45, 2.75) is 72.2 Å². The number of rotatable bonds is 8. The second kappa shape index (κ2) is 10.9. The van der Waals surface area contributed by atoms with Crippen molar-refractivity contribution in [2.75, 3.05) is 11.9 Å². The van der Waals surface area contributed by atoms with Gasteiger partial charge in [-0.05, 0) is 48.0 Å². The second-order valence-corrected chi connectivity index (χ2v) is 9.29. The first-order chi connectivity index (χ1) is 14.2. The number of carbonyl (C=O) groups is 3. The van der Waals surface area contributed by atoms with E-state index in [9.17, 15) is 19.5 Å². The van der Waals surface area contributed by atoms with Crippen LogP contribution in [0.5, 0.6) is 0 Å². The standard InChI is InChI=1S/C19H30N4O7S/c1-8-11(9-20-16(26)28-18(2,3)4)30-23-13(14(24)25)12-10-31-15(21-12)22-17(27)29-19(5,6)7/h10-11H,8-9H2,1-7H3,(H,20,26)(H,24,25)(H,21,22,27)/b23-13-. The molecule has 1 aromatic heterocycles. The van der Waals surface area contributed by atoms with E-state index in [2.05, 4.69) is 20.8 Å². The number of hydrogen-bond acceptors (Lipinski definition) is 9. The van der Waals surface area contributed by atoms with Crippen molar-refractivity contribution in [2.24, 2.45) is 5.16 Å². The van der Waals surface area contributed by atoms with Crippen molar-refractivity contribution >= 4 is 40.3 Å². The molecular formula is C19H30N4O7S. The van der Waals surface area contributed by atoms with Gasteiger partial charge in [-0.3, -0.25) is 5.32 Å². The maximum absolute atomic E-state index is 11.8. The van der Waals surface area contributed by atoms with Gasteiger partial charge in [0.05, 0.1) is 6.54 Å². The summed E-state index contributed by atoms with van der Waals surface area (Å²) in [6.45, 7) is 12.2. The number of amides is 2. The zero-order valence-electron chi connectivity index (χ0n) is 18.8. The lowest BCUT2D eigenvalue weighted by Crippen LogP contribution is -2.37. The highest BCUT2D eigenvalue weighted by molar-refractivity contribution is 7.14. The molecule has 3 N–H and O–H groups in total. The first kappa shape index (κ1) is 26.1. The minimum atomic E-state index is -1.36. The lowest BCUT2D eigenvalue weighted by Gasteiger charge is -2.21. The molecule has 0 bridgehead atoms. The van der Waals surface area contributed by atoms with Crippen LogP contribution in [0.1, 0.15) is 60.6 Å². The number of hydrogen-bond donors (Lipinski definition) is 3. The van der Waals surface area contributed by atoms with Crippen LogP contribution < -0.4 is 10.6 Å². The largest absolute Gasteiger partial charge is 0.476 e. The van der Waals surface area contributed by atoms with Gasteiger partial charge in [0.15, 0.2) is 5.13 Å². The summed E-state index contributed by atoms with van der Waals surface area (Å²) in [7, 11) is 0. The fourth-order valence-electron chi connectivity index (χ4n) is 1.92. The molecule has 0 aromatic carbocycles. The van der Waals surface area contributed by atoms with Crippen LogP contribution in [0.3, 0.4) is 0 Å². The maximum Gasteiger partial charge on any atom is 0.413 e. The summed E-state index contributed by atoms with van der Waals surface area (Å²) in [6.07, 6.45) is -1.46. The van der Waals surface area contributed by atoms with Gasteiger partial charge in [0, 0.05) is 5.38 Å². The average Bonchev–Trinajstić information content (AvgIpc) is 3.02. The van der Waals surface area contributed by atoms with Crippen molar-refractivity contribution in [3.63, 3.8) is 0 Å². The number of alkyl carbamates (subject to hydrolysis) is 1. The normalized spacial score (nSPS) is 13.2. The minimum Gasteiger partial charge on any atom is -0.476 e. The summed E-state index contributed by atoms with van der Waals surface area (Å²) >= 11 is 1.01. The second-order valence-electron chi connectivity index (χ2n) is 8.43. The molecule has 2 amide bonds. The Kier molecular flexibility index (Phi) is 9.22. The van der Waals surface area contributed by atoms with Crippen LogP contribution in [0, 0.1) is 0 Å². The number of ether oxygens (including phenoxy) is 2. The zero-order chi connectivity index (χ0) is 23.8. The third-order valence-electron chi connectivity index (χ3n) is 3.18. The van der Waals surface area contributed by atoms with Crippen LogP contribution in [0.15, 0.2) is 10.5 Å². The van der Waals surface area contributed by atoms with E-state index in [1.165, 1.54) is 5.38 Å². The van der Waals surface area contributed by atoms with Gasteiger partial charge in [0.25, 0.3) is 0 Å². The molecule has 1 atom stereocenters. The van der Waals surface area contributed by atoms with Crippen molar-refractivity contribution in [3.8, 4) is 0 Å². The number of aliphatic carboxylic acids is 1. The Labute approximate surface area is 185 Å². The Balaban J connectivity index is 2.78. The predicted molar refractivity (Wildman–Crippen MR) is 116 cm³/mol. The van der Waals surface area contributed by atoms with Gasteiger partial charge in [-0.2, -0.15) is 0 Å². The number of oxime groups is 1. The molecular weight excluding hydrogens is 428 g/mol. The predicted octanol–water partition coefficient (Wildman–Crippen LogP) is 3.60. The fourth-order valence-corrected chi connectivity index (χ4v) is 2.60. The Morgan fingerprint density at radius 1 is 1.13 bits per heavy atom. The van der Waals surface area contributed by atoms with E-state index in [-0.39, 0.29) is 17.4 Å². The van der Waals surface area contributed by atoms with Gasteiger partial charge in [0.1, 0.15) is 23.0 Å². The summed E-state index contributed by atoms with van der Waals surface area (Å²) in [4.78, 5) is 44.5. The third-order valence-corrected chi connectivity index (χ3v) is 3.94. The highest BCUT2D eigenvalue weighted by atomic mass is 32.1. The molecule has 1 aromatic rings. The van der Waals surface area contributed by atoms with Gasteiger partial charge < -0.3 is 24.7 Å². The monoisotopic (exact) mass is 458 g/mol. The smallest absolute Gasteiger partial charge is 0.413 e. The lowest BCUT2D eigenvalue weighted by atomic mass is 10.2. The molecule has 0 saturated carbocycles. The molecule has 174 valence electrons. The van der Waals surface area contributed by atoms with Crippen LogP contribution in [0.25, 0.3) is 0 Å². The number of carbonyl (C=O) groups excluding carboxylic acids is 2. The third kappa shape index (κ3) is 10.6. The minimum absolute atomic E-state index is 0.0125. The Morgan fingerprint density at radius 3 is 2.23 bits per heavy atom. The number of thiazole rings is 1. The lowest BCUT2D eigenvalue weighted by molar-refractivity contribution is -0.129. The van der Waals surface area contributed by atoms with Crippen molar-refractivity contribution in [1.82, 2.24) is 10.3 Å². The van der Waals surface area contributed by atoms with Gasteiger partial charge >= 0.3 is 18.2 Å². The summed E-state index contributed by atoms with van der Waals surface area (Å²) in [5.74, 6) is -1.36. The molecule has 12 heteroatoms. The maximum atomic E-state index is 11.8. The number of carboxylic acids is 1. The van der Waals surface area contributed by atoms with E-state index in [1.54, 1.807) is 48.5 Å². The molecule has 0 aliphatic carbocycles. The number of nitrogens with one attached hydrogen (secondary N) is 2. The van der Waals surface area contributed by atoms with E-state index < -0.39 is 41.2 Å². The number of anilines is 1. The SMILES string of the molecule is CCC(CNC(=O)OC(C)(C)C)O/N=C(\C(=O)O)c1csc(NC(=O)OC(C)(C)C)n1. The fraction of sp³-hybridized carbons (Fsp3) is 0.632. The first-order valence-electron chi connectivity index (χ1n) is 9.60. The summed E-state index contributed by atoms with van der Waals surface area (Å²) < 4.78 is 10.3. The van der Waals surface area contributed by atoms with Crippen LogP contribution in [-0.2, 0) is 19.1 Å². The van der Waals surface area contributed by atoms with Crippen molar-refractivity contribution in [3.05, 3.63) is 11.1 Å². The molecule has 11 nitrogen and oxygen atoms in total. The molecule has 0 aliphatic rings. The topological polar surface area (TPSA) is 148 Å². The van der Waals surface area contributed by atoms with Gasteiger partial charge in [-0.15, -0.1) is 11.3 Å². The molecule has 1 rings (SSSR count). The molecule has 31 heavy (non-hydrogen) atoms. The highest BCUT2D eigenvalue weighted by Gasteiger charge is 2.22. The molecule has 0 spiro atoms. The molecule has 0 fully saturated rings. The van der Waals surface area contributed by atoms with Gasteiger partial charge in [0.2, 0.25) is 5.71 Å². The van der Waals surface area contributed by atoms with E-state index in [4.69, 9.17) is 14.3 Å². The number of aromatic nitrogens is 1. The molecule has 0 saturated heterocycles. The Bertz CT molecular complexity index is 809. The summed E-state index contributed by atoms with van der Waals surface area (Å²) in [5, 5.41) is 19.7. The Hall–Kier alpha value is -2.89. The Morgan fingerprint density at radius 2 is 1.71 bits per heavy atom. The summed E-state index contributed by atoms with van der Waals surface area (Å²) in [5.41, 5.74) is -1.76. The van der Waals surface area contributed by atoms with Crippen LogP contribution in [-0.4, -0.2) is 57.8 Å². The molecule has 0 radical (unpaired) electrons. The van der Waals surface area contributed by atoms with E-state index in [0.29, 0.717) is 6.42 Å². The van der Waals surface area contributed by atoms with Crippen molar-refractivity contribution < 1.29 is 33.8 Å². The van der Waals surface area contributed by atoms with E-state index in [1.807, 2.05) is 0 Å². The van der Waals surface area contributed by atoms with Gasteiger partial charge in [-0.25, -0.2) is 19.4 Å². The van der Waals surface area contributed by atoms with Crippen LogP contribution >= 0.6 is 11.3 Å². The average molecular weight is 459 g/mol. The highest BCUT2D eigenvalue weighted by Crippen LogP contribution is 2.18. The van der Waals surface area contributed by atoms with Crippen molar-refractivity contribution in [1.29, 1.82) is 0 Å². The van der Waals surface area contributed by atoms with Crippen LogP contribution in [0.4, 0.5) is 14.7 Å². The molecule has 0 aliphatic heterocycles. The summed E-state index contributed by atoms with van der Waals surface area (Å²) in [6, 6.07) is 0. The zero-order valence-corrected chi connectivity index (χ0v) is 19.6. The molecule has 1 unspecified atom stereocenters. The van der Waals surface area contributed by atoms with E-state index in [0.717, 1.165) is 11.3 Å². The van der Waals surface area contributed by atoms with E-state index >= 15 is 0 Å².